The average Bonchev–Trinajstić information content (AvgIpc) is 2.94. The monoisotopic (exact) mass is 356 g/mol. The molecule has 3 aliphatic carbocycles. The Labute approximate surface area is 159 Å². The SMILES string of the molecule is CC(C)Cc1ccc(OC(CC(C)C)OC2CC3C4CCCC4C23)cc1. The van der Waals surface area contributed by atoms with Crippen LogP contribution < -0.4 is 4.74 Å². The van der Waals surface area contributed by atoms with Crippen LogP contribution in [-0.2, 0) is 11.2 Å². The predicted octanol–water partition coefficient (Wildman–Crippen LogP) is 6.09. The molecule has 26 heavy (non-hydrogen) atoms. The third-order valence-electron chi connectivity index (χ3n) is 6.92. The quantitative estimate of drug-likeness (QED) is 0.525. The van der Waals surface area contributed by atoms with Crippen LogP contribution in [0.5, 0.6) is 5.75 Å². The van der Waals surface area contributed by atoms with Gasteiger partial charge in [-0.05, 0) is 78.9 Å². The Balaban J connectivity index is 1.35. The number of rotatable bonds is 8. The maximum atomic E-state index is 6.52. The van der Waals surface area contributed by atoms with Gasteiger partial charge in [-0.15, -0.1) is 0 Å². The largest absolute Gasteiger partial charge is 0.465 e. The second kappa shape index (κ2) is 7.54. The highest BCUT2D eigenvalue weighted by atomic mass is 16.7. The van der Waals surface area contributed by atoms with Gasteiger partial charge in [-0.1, -0.05) is 46.2 Å². The van der Waals surface area contributed by atoms with E-state index in [-0.39, 0.29) is 6.29 Å². The fraction of sp³-hybridized carbons (Fsp3) is 0.750. The third-order valence-corrected chi connectivity index (χ3v) is 6.92. The average molecular weight is 357 g/mol. The molecule has 1 aromatic carbocycles. The third kappa shape index (κ3) is 3.67. The maximum Gasteiger partial charge on any atom is 0.200 e. The van der Waals surface area contributed by atoms with Crippen molar-refractivity contribution in [1.29, 1.82) is 0 Å². The Morgan fingerprint density at radius 2 is 1.65 bits per heavy atom. The van der Waals surface area contributed by atoms with E-state index in [2.05, 4.69) is 52.0 Å². The summed E-state index contributed by atoms with van der Waals surface area (Å²) >= 11 is 0. The van der Waals surface area contributed by atoms with Gasteiger partial charge in [0.05, 0.1) is 6.10 Å². The minimum absolute atomic E-state index is 0.0997. The van der Waals surface area contributed by atoms with E-state index in [9.17, 15) is 0 Å². The number of ether oxygens (including phenoxy) is 2. The van der Waals surface area contributed by atoms with Gasteiger partial charge in [0.2, 0.25) is 0 Å². The van der Waals surface area contributed by atoms with Gasteiger partial charge < -0.3 is 9.47 Å². The van der Waals surface area contributed by atoms with Gasteiger partial charge in [0.15, 0.2) is 6.29 Å². The lowest BCUT2D eigenvalue weighted by molar-refractivity contribution is -0.249. The summed E-state index contributed by atoms with van der Waals surface area (Å²) in [5.74, 6) is 6.04. The second-order valence-electron chi connectivity index (χ2n) is 9.83. The molecular formula is C24H36O2. The molecule has 0 spiro atoms. The Kier molecular flexibility index (Phi) is 5.32. The van der Waals surface area contributed by atoms with E-state index >= 15 is 0 Å². The molecule has 0 radical (unpaired) electrons. The lowest BCUT2D eigenvalue weighted by atomic mass is 9.46. The van der Waals surface area contributed by atoms with E-state index < -0.39 is 0 Å². The van der Waals surface area contributed by atoms with Gasteiger partial charge in [0, 0.05) is 6.42 Å². The van der Waals surface area contributed by atoms with Crippen molar-refractivity contribution in [1.82, 2.24) is 0 Å². The van der Waals surface area contributed by atoms with Crippen molar-refractivity contribution >= 4 is 0 Å². The normalized spacial score (nSPS) is 33.4. The Hall–Kier alpha value is -1.02. The predicted molar refractivity (Wildman–Crippen MR) is 106 cm³/mol. The van der Waals surface area contributed by atoms with Gasteiger partial charge in [-0.2, -0.15) is 0 Å². The van der Waals surface area contributed by atoms with Gasteiger partial charge in [-0.3, -0.25) is 0 Å². The van der Waals surface area contributed by atoms with Crippen molar-refractivity contribution in [3.05, 3.63) is 29.8 Å². The summed E-state index contributed by atoms with van der Waals surface area (Å²) < 4.78 is 12.8. The molecule has 1 aromatic rings. The Bertz CT molecular complexity index is 591. The van der Waals surface area contributed by atoms with Crippen LogP contribution in [0, 0.1) is 35.5 Å². The molecule has 0 N–H and O–H groups in total. The zero-order valence-corrected chi connectivity index (χ0v) is 17.0. The van der Waals surface area contributed by atoms with Crippen LogP contribution in [-0.4, -0.2) is 12.4 Å². The van der Waals surface area contributed by atoms with Gasteiger partial charge in [0.25, 0.3) is 0 Å². The molecule has 0 bridgehead atoms. The molecule has 6 unspecified atom stereocenters. The Morgan fingerprint density at radius 3 is 2.35 bits per heavy atom. The molecule has 3 saturated carbocycles. The zero-order valence-electron chi connectivity index (χ0n) is 17.0. The fourth-order valence-corrected chi connectivity index (χ4v) is 5.78. The van der Waals surface area contributed by atoms with Crippen molar-refractivity contribution in [2.24, 2.45) is 35.5 Å². The van der Waals surface area contributed by atoms with Crippen molar-refractivity contribution in [2.75, 3.05) is 0 Å². The summed E-state index contributed by atoms with van der Waals surface area (Å²) in [6.07, 6.45) is 8.09. The smallest absolute Gasteiger partial charge is 0.200 e. The summed E-state index contributed by atoms with van der Waals surface area (Å²) in [4.78, 5) is 0. The highest BCUT2D eigenvalue weighted by Gasteiger charge is 2.62. The Morgan fingerprint density at radius 1 is 0.923 bits per heavy atom. The molecule has 2 nitrogen and oxygen atoms in total. The van der Waals surface area contributed by atoms with Crippen LogP contribution in [0.25, 0.3) is 0 Å². The molecule has 144 valence electrons. The highest BCUT2D eigenvalue weighted by molar-refractivity contribution is 5.27. The van der Waals surface area contributed by atoms with Crippen LogP contribution in [0.1, 0.15) is 65.4 Å². The van der Waals surface area contributed by atoms with Crippen LogP contribution in [0.3, 0.4) is 0 Å². The van der Waals surface area contributed by atoms with Gasteiger partial charge in [0.1, 0.15) is 5.75 Å². The maximum absolute atomic E-state index is 6.52. The van der Waals surface area contributed by atoms with E-state index in [0.717, 1.165) is 42.3 Å². The van der Waals surface area contributed by atoms with Crippen molar-refractivity contribution in [3.63, 3.8) is 0 Å². The summed E-state index contributed by atoms with van der Waals surface area (Å²) in [5, 5.41) is 0. The van der Waals surface area contributed by atoms with Crippen molar-refractivity contribution in [2.45, 2.75) is 78.6 Å². The first kappa shape index (κ1) is 18.3. The molecule has 0 heterocycles. The topological polar surface area (TPSA) is 18.5 Å². The number of hydrogen-bond donors (Lipinski definition) is 0. The second-order valence-corrected chi connectivity index (χ2v) is 9.83. The summed E-state index contributed by atoms with van der Waals surface area (Å²) in [6, 6.07) is 8.65. The van der Waals surface area contributed by atoms with Crippen LogP contribution in [0.4, 0.5) is 0 Å². The highest BCUT2D eigenvalue weighted by Crippen LogP contribution is 2.65. The van der Waals surface area contributed by atoms with Gasteiger partial charge >= 0.3 is 0 Å². The van der Waals surface area contributed by atoms with E-state index in [1.165, 1.54) is 31.2 Å². The van der Waals surface area contributed by atoms with Gasteiger partial charge in [-0.25, -0.2) is 0 Å². The summed E-state index contributed by atoms with van der Waals surface area (Å²) in [6.45, 7) is 9.03. The van der Waals surface area contributed by atoms with E-state index in [4.69, 9.17) is 9.47 Å². The molecule has 0 aliphatic heterocycles. The minimum Gasteiger partial charge on any atom is -0.465 e. The first-order chi connectivity index (χ1) is 12.5. The molecule has 3 aliphatic rings. The molecule has 2 heteroatoms. The fourth-order valence-electron chi connectivity index (χ4n) is 5.78. The molecule has 0 aromatic heterocycles. The first-order valence-corrected chi connectivity index (χ1v) is 10.9. The molecule has 3 fully saturated rings. The number of fused-ring (bicyclic) bond motifs is 4. The molecule has 0 amide bonds. The number of hydrogen-bond acceptors (Lipinski definition) is 2. The van der Waals surface area contributed by atoms with Crippen molar-refractivity contribution in [3.8, 4) is 5.75 Å². The lowest BCUT2D eigenvalue weighted by Crippen LogP contribution is -2.61. The minimum atomic E-state index is -0.0997. The zero-order chi connectivity index (χ0) is 18.3. The standard InChI is InChI=1S/C24H36O2/c1-15(2)12-17-8-10-18(11-9-17)25-23(13-16(3)4)26-22-14-21-19-6-5-7-20(19)24(21)22/h8-11,15-16,19-24H,5-7,12-14H2,1-4H3. The lowest BCUT2D eigenvalue weighted by Gasteiger charge is -2.61. The van der Waals surface area contributed by atoms with Crippen molar-refractivity contribution < 1.29 is 9.47 Å². The van der Waals surface area contributed by atoms with E-state index in [0.29, 0.717) is 17.9 Å². The van der Waals surface area contributed by atoms with Crippen LogP contribution >= 0.6 is 0 Å². The van der Waals surface area contributed by atoms with Crippen LogP contribution in [0.15, 0.2) is 24.3 Å². The molecule has 0 saturated heterocycles. The first-order valence-electron chi connectivity index (χ1n) is 10.9. The molecular weight excluding hydrogens is 320 g/mol. The van der Waals surface area contributed by atoms with E-state index in [1.807, 2.05) is 0 Å². The molecule has 4 rings (SSSR count). The van der Waals surface area contributed by atoms with E-state index in [1.54, 1.807) is 0 Å². The molecule has 6 atom stereocenters. The van der Waals surface area contributed by atoms with Crippen LogP contribution in [0.2, 0.25) is 0 Å². The summed E-state index contributed by atoms with van der Waals surface area (Å²) in [7, 11) is 0. The summed E-state index contributed by atoms with van der Waals surface area (Å²) in [5.41, 5.74) is 1.39. The number of benzene rings is 1.